The van der Waals surface area contributed by atoms with Gasteiger partial charge in [-0.15, -0.1) is 0 Å². The van der Waals surface area contributed by atoms with Crippen LogP contribution in [0, 0.1) is 0 Å². The molecule has 5 aromatic rings. The smallest absolute Gasteiger partial charge is 0.435 e. The number of anilines is 1. The van der Waals surface area contributed by atoms with Gasteiger partial charge in [-0.3, -0.25) is 19.3 Å². The molecule has 0 aliphatic carbocycles. The number of carbonyl (C=O) groups excluding carboxylic acids is 2. The number of amides is 1. The monoisotopic (exact) mass is 659 g/mol. The van der Waals surface area contributed by atoms with Crippen LogP contribution in [0.4, 0.5) is 18.9 Å². The summed E-state index contributed by atoms with van der Waals surface area (Å²) < 4.78 is 51.6. The van der Waals surface area contributed by atoms with Crippen molar-refractivity contribution < 1.29 is 27.5 Å². The minimum Gasteiger partial charge on any atom is -0.490 e. The second kappa shape index (κ2) is 13.2. The van der Waals surface area contributed by atoms with E-state index in [-0.39, 0.29) is 47.9 Å². The van der Waals surface area contributed by atoms with Gasteiger partial charge in [0.2, 0.25) is 0 Å². The van der Waals surface area contributed by atoms with Crippen LogP contribution in [0.1, 0.15) is 57.3 Å². The van der Waals surface area contributed by atoms with Gasteiger partial charge in [0.25, 0.3) is 5.91 Å². The van der Waals surface area contributed by atoms with Crippen LogP contribution in [0.15, 0.2) is 61.4 Å². The molecule has 10 nitrogen and oxygen atoms in total. The number of benzene rings is 2. The summed E-state index contributed by atoms with van der Waals surface area (Å²) >= 11 is 0. The number of carbonyl (C=O) groups is 2. The fourth-order valence-corrected chi connectivity index (χ4v) is 6.14. The van der Waals surface area contributed by atoms with Gasteiger partial charge < -0.3 is 19.1 Å². The number of aromatic nitrogens is 5. The van der Waals surface area contributed by atoms with Crippen molar-refractivity contribution >= 4 is 28.3 Å². The molecule has 2 aromatic carbocycles. The van der Waals surface area contributed by atoms with E-state index < -0.39 is 17.8 Å². The summed E-state index contributed by atoms with van der Waals surface area (Å²) in [6.45, 7) is 3.15. The largest absolute Gasteiger partial charge is 0.490 e. The molecular weight excluding hydrogens is 623 g/mol. The molecule has 0 bridgehead atoms. The first-order valence-corrected chi connectivity index (χ1v) is 15.7. The molecule has 6 rings (SSSR count). The number of pyridine rings is 1. The Hall–Kier alpha value is -5.04. The molecule has 0 spiro atoms. The van der Waals surface area contributed by atoms with Gasteiger partial charge in [0.05, 0.1) is 29.6 Å². The molecule has 250 valence electrons. The Balaban J connectivity index is 1.49. The van der Waals surface area contributed by atoms with Gasteiger partial charge in [-0.05, 0) is 74.9 Å². The standard InChI is InChI=1S/C35H36F3N7O3/c1-5-22-15-25-29(8-9-40-31(25)26(16-22)30(46)7-6-11-42(2)3)45-13-14-48-32-24(28-20-43(4)41-33(28)35(36,37)38)17-23(18-27(32)34(45)47)19-44-12-10-39-21-44/h8-10,12,15-18,20-21H,5-7,11,13-14,19H2,1-4H3. The zero-order valence-corrected chi connectivity index (χ0v) is 27.2. The fourth-order valence-electron chi connectivity index (χ4n) is 6.14. The Morgan fingerprint density at radius 1 is 1.06 bits per heavy atom. The molecular formula is C35H36F3N7O3. The van der Waals surface area contributed by atoms with Gasteiger partial charge in [-0.2, -0.15) is 18.3 Å². The molecule has 0 saturated carbocycles. The number of alkyl halides is 3. The van der Waals surface area contributed by atoms with Gasteiger partial charge in [0.15, 0.2) is 11.5 Å². The topological polar surface area (TPSA) is 98.4 Å². The summed E-state index contributed by atoms with van der Waals surface area (Å²) in [7, 11) is 5.34. The number of halogens is 3. The van der Waals surface area contributed by atoms with E-state index in [9.17, 15) is 22.8 Å². The SMILES string of the molecule is CCc1cc(C(=O)CCCN(C)C)c2nccc(N3CCOc4c(cc(Cn5ccnc5)cc4-c4cn(C)nc4C(F)(F)F)C3=O)c2c1. The Morgan fingerprint density at radius 2 is 1.85 bits per heavy atom. The normalized spacial score (nSPS) is 13.6. The quantitative estimate of drug-likeness (QED) is 0.169. The highest BCUT2D eigenvalue weighted by atomic mass is 19.4. The van der Waals surface area contributed by atoms with Crippen LogP contribution >= 0.6 is 0 Å². The summed E-state index contributed by atoms with van der Waals surface area (Å²) in [4.78, 5) is 40.3. The van der Waals surface area contributed by atoms with Crippen molar-refractivity contribution in [3.8, 4) is 16.9 Å². The summed E-state index contributed by atoms with van der Waals surface area (Å²) in [5.74, 6) is -0.412. The predicted octanol–water partition coefficient (Wildman–Crippen LogP) is 6.03. The van der Waals surface area contributed by atoms with E-state index in [0.717, 1.165) is 16.8 Å². The molecule has 0 N–H and O–H groups in total. The number of ketones is 1. The van der Waals surface area contributed by atoms with Gasteiger partial charge >= 0.3 is 6.18 Å². The lowest BCUT2D eigenvalue weighted by Crippen LogP contribution is -2.32. The molecule has 1 aliphatic heterocycles. The molecule has 0 atom stereocenters. The van der Waals surface area contributed by atoms with Crippen molar-refractivity contribution in [2.75, 3.05) is 38.7 Å². The molecule has 3 aromatic heterocycles. The molecule has 0 fully saturated rings. The highest BCUT2D eigenvalue weighted by Gasteiger charge is 2.39. The summed E-state index contributed by atoms with van der Waals surface area (Å²) in [6.07, 6.45) is 4.76. The van der Waals surface area contributed by atoms with Crippen molar-refractivity contribution in [1.82, 2.24) is 29.2 Å². The second-order valence-corrected chi connectivity index (χ2v) is 12.2. The molecule has 1 amide bonds. The number of Topliss-reactive ketones (excluding diaryl/α,β-unsaturated/α-hetero) is 1. The maximum atomic E-state index is 14.6. The zero-order valence-electron chi connectivity index (χ0n) is 27.2. The summed E-state index contributed by atoms with van der Waals surface area (Å²) in [5.41, 5.74) is 2.03. The molecule has 0 unspecified atom stereocenters. The third-order valence-electron chi connectivity index (χ3n) is 8.39. The summed E-state index contributed by atoms with van der Waals surface area (Å²) in [5, 5.41) is 4.35. The fraction of sp³-hybridized carbons (Fsp3) is 0.343. The zero-order chi connectivity index (χ0) is 34.2. The average Bonchev–Trinajstić information content (AvgIpc) is 3.68. The Kier molecular flexibility index (Phi) is 9.06. The maximum absolute atomic E-state index is 14.6. The van der Waals surface area contributed by atoms with E-state index in [1.54, 1.807) is 52.6 Å². The van der Waals surface area contributed by atoms with Crippen LogP contribution in [0.3, 0.4) is 0 Å². The molecule has 13 heteroatoms. The molecule has 4 heterocycles. The number of imidazole rings is 1. The first kappa shape index (κ1) is 32.9. The lowest BCUT2D eigenvalue weighted by Gasteiger charge is -2.23. The number of rotatable bonds is 10. The van der Waals surface area contributed by atoms with Crippen LogP contribution < -0.4 is 9.64 Å². The molecule has 1 aliphatic rings. The predicted molar refractivity (Wildman–Crippen MR) is 175 cm³/mol. The van der Waals surface area contributed by atoms with Crippen LogP contribution in [-0.2, 0) is 26.2 Å². The number of hydrogen-bond donors (Lipinski definition) is 0. The van der Waals surface area contributed by atoms with Crippen molar-refractivity contribution in [3.63, 3.8) is 0 Å². The average molecular weight is 660 g/mol. The first-order chi connectivity index (χ1) is 22.9. The number of aryl methyl sites for hydroxylation is 2. The van der Waals surface area contributed by atoms with Crippen LogP contribution in [0.25, 0.3) is 22.0 Å². The minimum atomic E-state index is -4.74. The van der Waals surface area contributed by atoms with Crippen LogP contribution in [0.2, 0.25) is 0 Å². The van der Waals surface area contributed by atoms with Gasteiger partial charge in [-0.1, -0.05) is 6.92 Å². The van der Waals surface area contributed by atoms with Gasteiger partial charge in [0, 0.05) is 66.9 Å². The number of nitrogens with zero attached hydrogens (tertiary/aromatic N) is 7. The lowest BCUT2D eigenvalue weighted by molar-refractivity contribution is -0.141. The molecule has 0 saturated heterocycles. The van der Waals surface area contributed by atoms with Crippen molar-refractivity contribution in [1.29, 1.82) is 0 Å². The van der Waals surface area contributed by atoms with E-state index in [0.29, 0.717) is 47.0 Å². The Bertz CT molecular complexity index is 1980. The van der Waals surface area contributed by atoms with Crippen LogP contribution in [-0.4, -0.2) is 74.7 Å². The summed E-state index contributed by atoms with van der Waals surface area (Å²) in [6, 6.07) is 8.81. The van der Waals surface area contributed by atoms with Gasteiger partial charge in [-0.25, -0.2) is 4.98 Å². The van der Waals surface area contributed by atoms with E-state index in [2.05, 4.69) is 15.1 Å². The van der Waals surface area contributed by atoms with Crippen LogP contribution in [0.5, 0.6) is 5.75 Å². The number of ether oxygens (including phenoxy) is 1. The third kappa shape index (κ3) is 6.55. The van der Waals surface area contributed by atoms with E-state index in [1.165, 1.54) is 13.2 Å². The van der Waals surface area contributed by atoms with E-state index in [4.69, 9.17) is 4.74 Å². The molecule has 0 radical (unpaired) electrons. The number of fused-ring (bicyclic) bond motifs is 2. The Labute approximate surface area is 275 Å². The van der Waals surface area contributed by atoms with Crippen molar-refractivity contribution in [2.45, 2.75) is 38.9 Å². The van der Waals surface area contributed by atoms with Gasteiger partial charge in [0.1, 0.15) is 12.4 Å². The highest BCUT2D eigenvalue weighted by Crippen LogP contribution is 2.43. The molecule has 48 heavy (non-hydrogen) atoms. The minimum absolute atomic E-state index is 0.0157. The number of hydrogen-bond acceptors (Lipinski definition) is 7. The third-order valence-corrected chi connectivity index (χ3v) is 8.39. The second-order valence-electron chi connectivity index (χ2n) is 12.2. The van der Waals surface area contributed by atoms with Crippen molar-refractivity contribution in [2.24, 2.45) is 7.05 Å². The van der Waals surface area contributed by atoms with Crippen molar-refractivity contribution in [3.05, 3.63) is 89.4 Å². The highest BCUT2D eigenvalue weighted by molar-refractivity contribution is 6.15. The Morgan fingerprint density at radius 3 is 2.56 bits per heavy atom. The van der Waals surface area contributed by atoms with E-state index >= 15 is 0 Å². The lowest BCUT2D eigenvalue weighted by atomic mass is 9.96. The van der Waals surface area contributed by atoms with E-state index in [1.807, 2.05) is 38.1 Å². The first-order valence-electron chi connectivity index (χ1n) is 15.7. The maximum Gasteiger partial charge on any atom is 0.435 e.